The second kappa shape index (κ2) is 6.23. The van der Waals surface area contributed by atoms with E-state index in [2.05, 4.69) is 6.92 Å². The highest BCUT2D eigenvalue weighted by atomic mass is 35.5. The monoisotopic (exact) mass is 236 g/mol. The minimum absolute atomic E-state index is 0.435. The Bertz CT molecular complexity index is 148. The lowest BCUT2D eigenvalue weighted by Gasteiger charge is -2.32. The normalized spacial score (nSPS) is 19.9. The molecule has 84 valence electrons. The maximum absolute atomic E-state index is 6.42. The molecule has 0 spiro atoms. The summed E-state index contributed by atoms with van der Waals surface area (Å²) in [5.41, 5.74) is 0. The molecule has 14 heavy (non-hydrogen) atoms. The van der Waals surface area contributed by atoms with Crippen LogP contribution in [0.2, 0.25) is 0 Å². The van der Waals surface area contributed by atoms with Crippen LogP contribution in [0, 0.1) is 5.92 Å². The topological polar surface area (TPSA) is 0 Å². The van der Waals surface area contributed by atoms with E-state index in [-0.39, 0.29) is 0 Å². The Morgan fingerprint density at radius 2 is 1.71 bits per heavy atom. The quantitative estimate of drug-likeness (QED) is 0.448. The summed E-state index contributed by atoms with van der Waals surface area (Å²) < 4.78 is -0.435. The fraction of sp³-hybridized carbons (Fsp3) is 1.00. The highest BCUT2D eigenvalue weighted by molar-refractivity contribution is 6.48. The van der Waals surface area contributed by atoms with Gasteiger partial charge in [0.25, 0.3) is 0 Å². The van der Waals surface area contributed by atoms with Crippen molar-refractivity contribution in [1.29, 1.82) is 0 Å². The molecule has 0 aromatic rings. The fourth-order valence-electron chi connectivity index (χ4n) is 2.34. The summed E-state index contributed by atoms with van der Waals surface area (Å²) in [6.45, 7) is 2.21. The molecule has 1 saturated carbocycles. The Morgan fingerprint density at radius 3 is 2.29 bits per heavy atom. The zero-order valence-electron chi connectivity index (χ0n) is 9.20. The van der Waals surface area contributed by atoms with E-state index in [9.17, 15) is 0 Å². The van der Waals surface area contributed by atoms with Crippen LogP contribution in [-0.2, 0) is 0 Å². The number of rotatable bonds is 5. The predicted molar refractivity (Wildman–Crippen MR) is 65.2 cm³/mol. The molecule has 0 aromatic carbocycles. The lowest BCUT2D eigenvalue weighted by atomic mass is 9.85. The van der Waals surface area contributed by atoms with Gasteiger partial charge in [-0.05, 0) is 25.2 Å². The Labute approximate surface area is 98.4 Å². The van der Waals surface area contributed by atoms with Gasteiger partial charge in [-0.3, -0.25) is 0 Å². The van der Waals surface area contributed by atoms with Gasteiger partial charge in [0.05, 0.1) is 0 Å². The lowest BCUT2D eigenvalue weighted by molar-refractivity contribution is 0.312. The molecule has 0 atom stereocenters. The summed E-state index contributed by atoms with van der Waals surface area (Å²) in [4.78, 5) is 0. The van der Waals surface area contributed by atoms with Gasteiger partial charge in [0, 0.05) is 0 Å². The van der Waals surface area contributed by atoms with Crippen molar-refractivity contribution in [3.05, 3.63) is 0 Å². The van der Waals surface area contributed by atoms with Crippen molar-refractivity contribution in [3.8, 4) is 0 Å². The zero-order valence-corrected chi connectivity index (χ0v) is 10.7. The molecular formula is C12H22Cl2. The highest BCUT2D eigenvalue weighted by Crippen LogP contribution is 2.43. The summed E-state index contributed by atoms with van der Waals surface area (Å²) in [6.07, 6.45) is 11.1. The maximum atomic E-state index is 6.42. The molecule has 0 bridgehead atoms. The van der Waals surface area contributed by atoms with Crippen molar-refractivity contribution >= 4 is 23.2 Å². The minimum Gasteiger partial charge on any atom is -0.101 e. The van der Waals surface area contributed by atoms with E-state index in [1.807, 2.05) is 0 Å². The van der Waals surface area contributed by atoms with Crippen molar-refractivity contribution in [2.24, 2.45) is 5.92 Å². The third-order valence-corrected chi connectivity index (χ3v) is 4.31. The fourth-order valence-corrected chi connectivity index (χ4v) is 3.04. The van der Waals surface area contributed by atoms with Gasteiger partial charge in [-0.2, -0.15) is 0 Å². The molecule has 0 N–H and O–H groups in total. The second-order valence-corrected chi connectivity index (χ2v) is 6.10. The van der Waals surface area contributed by atoms with Gasteiger partial charge in [-0.15, -0.1) is 23.2 Å². The first kappa shape index (κ1) is 12.6. The van der Waals surface area contributed by atoms with Crippen LogP contribution in [0.1, 0.15) is 64.7 Å². The van der Waals surface area contributed by atoms with Crippen molar-refractivity contribution in [1.82, 2.24) is 0 Å². The summed E-state index contributed by atoms with van der Waals surface area (Å²) in [7, 11) is 0. The third kappa shape index (κ3) is 3.98. The molecule has 1 aliphatic carbocycles. The molecule has 0 radical (unpaired) electrons. The number of hydrogen-bond acceptors (Lipinski definition) is 0. The van der Waals surface area contributed by atoms with Crippen LogP contribution in [0.15, 0.2) is 0 Å². The van der Waals surface area contributed by atoms with Gasteiger partial charge in [0.15, 0.2) is 0 Å². The van der Waals surface area contributed by atoms with E-state index < -0.39 is 4.33 Å². The summed E-state index contributed by atoms with van der Waals surface area (Å²) in [6, 6.07) is 0. The standard InChI is InChI=1S/C12H22Cl2/c1-2-3-7-10-12(13,14)11-8-5-4-6-9-11/h11H,2-10H2,1H3. The van der Waals surface area contributed by atoms with Crippen LogP contribution in [0.4, 0.5) is 0 Å². The summed E-state index contributed by atoms with van der Waals surface area (Å²) in [5, 5.41) is 0. The summed E-state index contributed by atoms with van der Waals surface area (Å²) in [5.74, 6) is 0.552. The largest absolute Gasteiger partial charge is 0.121 e. The summed E-state index contributed by atoms with van der Waals surface area (Å²) >= 11 is 12.8. The average Bonchev–Trinajstić information content (AvgIpc) is 2.19. The van der Waals surface area contributed by atoms with Gasteiger partial charge in [-0.1, -0.05) is 45.4 Å². The van der Waals surface area contributed by atoms with Crippen LogP contribution < -0.4 is 0 Å². The number of alkyl halides is 2. The molecule has 0 nitrogen and oxygen atoms in total. The first-order valence-corrected chi connectivity index (χ1v) is 6.80. The SMILES string of the molecule is CCCCCC(Cl)(Cl)C1CCCCC1. The molecular weight excluding hydrogens is 215 g/mol. The first-order valence-electron chi connectivity index (χ1n) is 6.04. The number of halogens is 2. The van der Waals surface area contributed by atoms with Gasteiger partial charge < -0.3 is 0 Å². The number of hydrogen-bond donors (Lipinski definition) is 0. The Hall–Kier alpha value is 0.580. The van der Waals surface area contributed by atoms with Crippen LogP contribution in [0.25, 0.3) is 0 Å². The van der Waals surface area contributed by atoms with E-state index in [1.165, 1.54) is 51.4 Å². The smallest absolute Gasteiger partial charge is 0.101 e. The van der Waals surface area contributed by atoms with Gasteiger partial charge in [0.2, 0.25) is 0 Å². The van der Waals surface area contributed by atoms with Crippen molar-refractivity contribution in [2.45, 2.75) is 69.0 Å². The van der Waals surface area contributed by atoms with Gasteiger partial charge in [0.1, 0.15) is 4.33 Å². The van der Waals surface area contributed by atoms with Gasteiger partial charge >= 0.3 is 0 Å². The molecule has 0 unspecified atom stereocenters. The molecule has 0 amide bonds. The van der Waals surface area contributed by atoms with E-state index in [0.717, 1.165) is 6.42 Å². The predicted octanol–water partition coefficient (Wildman–Crippen LogP) is 5.32. The van der Waals surface area contributed by atoms with Crippen molar-refractivity contribution in [2.75, 3.05) is 0 Å². The molecule has 0 aliphatic heterocycles. The second-order valence-electron chi connectivity index (χ2n) is 4.55. The molecule has 1 rings (SSSR count). The lowest BCUT2D eigenvalue weighted by Crippen LogP contribution is -2.27. The molecule has 0 aromatic heterocycles. The van der Waals surface area contributed by atoms with E-state index in [4.69, 9.17) is 23.2 Å². The van der Waals surface area contributed by atoms with E-state index in [0.29, 0.717) is 5.92 Å². The molecule has 0 saturated heterocycles. The van der Waals surface area contributed by atoms with E-state index >= 15 is 0 Å². The van der Waals surface area contributed by atoms with Crippen LogP contribution in [0.5, 0.6) is 0 Å². The third-order valence-electron chi connectivity index (χ3n) is 3.32. The average molecular weight is 237 g/mol. The Morgan fingerprint density at radius 1 is 1.07 bits per heavy atom. The van der Waals surface area contributed by atoms with Crippen LogP contribution >= 0.6 is 23.2 Å². The zero-order chi connectivity index (χ0) is 10.4. The highest BCUT2D eigenvalue weighted by Gasteiger charge is 2.34. The van der Waals surface area contributed by atoms with Crippen LogP contribution in [-0.4, -0.2) is 4.33 Å². The molecule has 1 aliphatic rings. The molecule has 1 fully saturated rings. The Kier molecular flexibility index (Phi) is 5.62. The van der Waals surface area contributed by atoms with Crippen molar-refractivity contribution < 1.29 is 0 Å². The first-order chi connectivity index (χ1) is 6.67. The van der Waals surface area contributed by atoms with Gasteiger partial charge in [-0.25, -0.2) is 0 Å². The van der Waals surface area contributed by atoms with E-state index in [1.54, 1.807) is 0 Å². The van der Waals surface area contributed by atoms with Crippen molar-refractivity contribution in [3.63, 3.8) is 0 Å². The van der Waals surface area contributed by atoms with Crippen LogP contribution in [0.3, 0.4) is 0 Å². The minimum atomic E-state index is -0.435. The molecule has 2 heteroatoms. The Balaban J connectivity index is 2.29. The molecule has 0 heterocycles. The maximum Gasteiger partial charge on any atom is 0.121 e. The number of unbranched alkanes of at least 4 members (excludes halogenated alkanes) is 2.